The van der Waals surface area contributed by atoms with Gasteiger partial charge in [-0.1, -0.05) is 37.3 Å². The van der Waals surface area contributed by atoms with Gasteiger partial charge in [0.2, 0.25) is 5.91 Å². The van der Waals surface area contributed by atoms with Crippen LogP contribution in [0.2, 0.25) is 0 Å². The average Bonchev–Trinajstić information content (AvgIpc) is 2.60. The zero-order chi connectivity index (χ0) is 21.2. The summed E-state index contributed by atoms with van der Waals surface area (Å²) in [6.45, 7) is 9.26. The predicted octanol–water partition coefficient (Wildman–Crippen LogP) is 2.83. The minimum atomic E-state index is -0.954. The molecule has 156 valence electrons. The molecule has 0 aliphatic heterocycles. The van der Waals surface area contributed by atoms with E-state index >= 15 is 0 Å². The highest BCUT2D eigenvalue weighted by Gasteiger charge is 2.29. The molecule has 0 bridgehead atoms. The Labute approximate surface area is 167 Å². The van der Waals surface area contributed by atoms with E-state index in [1.54, 1.807) is 34.6 Å². The molecule has 1 aromatic carbocycles. The van der Waals surface area contributed by atoms with Crippen molar-refractivity contribution in [2.45, 2.75) is 59.1 Å². The number of rotatable bonds is 9. The first-order valence-corrected chi connectivity index (χ1v) is 9.60. The summed E-state index contributed by atoms with van der Waals surface area (Å²) >= 11 is 0. The standard InChI is InChI=1S/C21H32N2O5/c1-6-27-19(25)17(23-20(26)28-21(3,4)5)14-15(2)18(24)22-13-12-16-10-8-7-9-11-16/h7-11,15,17H,6,12-14H2,1-5H3,(H,22,24)(H,23,26)/t15?,17-/m0/s1. The molecule has 7 heteroatoms. The van der Waals surface area contributed by atoms with Crippen molar-refractivity contribution in [1.29, 1.82) is 0 Å². The largest absolute Gasteiger partial charge is 0.464 e. The van der Waals surface area contributed by atoms with E-state index in [0.717, 1.165) is 12.0 Å². The SMILES string of the molecule is CCOC(=O)[C@H](CC(C)C(=O)NCCc1ccccc1)NC(=O)OC(C)(C)C. The molecule has 2 amide bonds. The van der Waals surface area contributed by atoms with Crippen LogP contribution in [0.15, 0.2) is 30.3 Å². The fourth-order valence-electron chi connectivity index (χ4n) is 2.52. The van der Waals surface area contributed by atoms with Crippen LogP contribution in [-0.2, 0) is 25.5 Å². The number of carbonyl (C=O) groups is 3. The second-order valence-corrected chi connectivity index (χ2v) is 7.61. The Bertz CT molecular complexity index is 640. The van der Waals surface area contributed by atoms with E-state index in [4.69, 9.17) is 9.47 Å². The second kappa shape index (κ2) is 11.3. The summed E-state index contributed by atoms with van der Waals surface area (Å²) in [4.78, 5) is 36.6. The molecule has 0 heterocycles. The van der Waals surface area contributed by atoms with Gasteiger partial charge in [-0.3, -0.25) is 4.79 Å². The van der Waals surface area contributed by atoms with Gasteiger partial charge in [0, 0.05) is 12.5 Å². The molecule has 1 aromatic rings. The van der Waals surface area contributed by atoms with Gasteiger partial charge in [-0.15, -0.1) is 0 Å². The zero-order valence-corrected chi connectivity index (χ0v) is 17.4. The van der Waals surface area contributed by atoms with Gasteiger partial charge in [0.25, 0.3) is 0 Å². The molecular formula is C21H32N2O5. The number of hydrogen-bond acceptors (Lipinski definition) is 5. The maximum atomic E-state index is 12.4. The van der Waals surface area contributed by atoms with E-state index in [2.05, 4.69) is 10.6 Å². The van der Waals surface area contributed by atoms with E-state index in [9.17, 15) is 14.4 Å². The number of carbonyl (C=O) groups excluding carboxylic acids is 3. The minimum Gasteiger partial charge on any atom is -0.464 e. The molecule has 2 N–H and O–H groups in total. The van der Waals surface area contributed by atoms with E-state index in [0.29, 0.717) is 6.54 Å². The van der Waals surface area contributed by atoms with Gasteiger partial charge in [0.05, 0.1) is 6.61 Å². The molecule has 0 aliphatic rings. The molecule has 0 aromatic heterocycles. The molecule has 0 radical (unpaired) electrons. The van der Waals surface area contributed by atoms with Gasteiger partial charge in [-0.2, -0.15) is 0 Å². The Kier molecular flexibility index (Phi) is 9.48. The maximum absolute atomic E-state index is 12.4. The van der Waals surface area contributed by atoms with Crippen LogP contribution in [0.5, 0.6) is 0 Å². The number of amides is 2. The molecule has 2 atom stereocenters. The normalized spacial score (nSPS) is 13.2. The highest BCUT2D eigenvalue weighted by molar-refractivity contribution is 5.83. The summed E-state index contributed by atoms with van der Waals surface area (Å²) in [5.41, 5.74) is 0.440. The molecular weight excluding hydrogens is 360 g/mol. The van der Waals surface area contributed by atoms with E-state index in [1.807, 2.05) is 30.3 Å². The van der Waals surface area contributed by atoms with Crippen LogP contribution in [0.3, 0.4) is 0 Å². The third-order valence-corrected chi connectivity index (χ3v) is 3.85. The number of ether oxygens (including phenoxy) is 2. The summed E-state index contributed by atoms with van der Waals surface area (Å²) in [5, 5.41) is 5.37. The van der Waals surface area contributed by atoms with Crippen LogP contribution in [0.25, 0.3) is 0 Å². The van der Waals surface area contributed by atoms with Gasteiger partial charge in [0.15, 0.2) is 0 Å². The first-order chi connectivity index (χ1) is 13.1. The summed E-state index contributed by atoms with van der Waals surface area (Å²) in [7, 11) is 0. The lowest BCUT2D eigenvalue weighted by Crippen LogP contribution is -2.46. The molecule has 1 rings (SSSR count). The average molecular weight is 392 g/mol. The first kappa shape index (κ1) is 23.5. The quantitative estimate of drug-likeness (QED) is 0.630. The summed E-state index contributed by atoms with van der Waals surface area (Å²) in [5.74, 6) is -1.26. The van der Waals surface area contributed by atoms with Gasteiger partial charge >= 0.3 is 12.1 Å². The third-order valence-electron chi connectivity index (χ3n) is 3.85. The second-order valence-electron chi connectivity index (χ2n) is 7.61. The van der Waals surface area contributed by atoms with Crippen LogP contribution in [0.1, 0.15) is 46.6 Å². The molecule has 0 saturated carbocycles. The Morgan fingerprint density at radius 3 is 2.32 bits per heavy atom. The smallest absolute Gasteiger partial charge is 0.408 e. The number of nitrogens with one attached hydrogen (secondary N) is 2. The van der Waals surface area contributed by atoms with Crippen LogP contribution in [0.4, 0.5) is 4.79 Å². The van der Waals surface area contributed by atoms with E-state index in [-0.39, 0.29) is 18.9 Å². The van der Waals surface area contributed by atoms with Crippen molar-refractivity contribution in [2.75, 3.05) is 13.2 Å². The van der Waals surface area contributed by atoms with Crippen molar-refractivity contribution in [1.82, 2.24) is 10.6 Å². The predicted molar refractivity (Wildman–Crippen MR) is 107 cm³/mol. The third kappa shape index (κ3) is 9.39. The van der Waals surface area contributed by atoms with Gasteiger partial charge in [0.1, 0.15) is 11.6 Å². The Balaban J connectivity index is 2.58. The Hall–Kier alpha value is -2.57. The summed E-state index contributed by atoms with van der Waals surface area (Å²) < 4.78 is 10.2. The van der Waals surface area contributed by atoms with E-state index < -0.39 is 29.6 Å². The van der Waals surface area contributed by atoms with Crippen molar-refractivity contribution in [3.05, 3.63) is 35.9 Å². The minimum absolute atomic E-state index is 0.120. The Morgan fingerprint density at radius 2 is 1.75 bits per heavy atom. The summed E-state index contributed by atoms with van der Waals surface area (Å²) in [6.07, 6.45) is 0.119. The van der Waals surface area contributed by atoms with Gasteiger partial charge in [-0.25, -0.2) is 9.59 Å². The molecule has 0 fully saturated rings. The summed E-state index contributed by atoms with van der Waals surface area (Å²) in [6, 6.07) is 8.88. The van der Waals surface area contributed by atoms with Gasteiger partial charge in [-0.05, 0) is 46.1 Å². The number of esters is 1. The lowest BCUT2D eigenvalue weighted by Gasteiger charge is -2.24. The lowest BCUT2D eigenvalue weighted by molar-refractivity contribution is -0.146. The molecule has 0 saturated heterocycles. The van der Waals surface area contributed by atoms with E-state index in [1.165, 1.54) is 0 Å². The van der Waals surface area contributed by atoms with Crippen LogP contribution in [-0.4, -0.2) is 42.8 Å². The number of alkyl carbamates (subject to hydrolysis) is 1. The highest BCUT2D eigenvalue weighted by Crippen LogP contribution is 2.11. The van der Waals surface area contributed by atoms with Crippen molar-refractivity contribution in [3.63, 3.8) is 0 Å². The lowest BCUT2D eigenvalue weighted by atomic mass is 10.0. The zero-order valence-electron chi connectivity index (χ0n) is 17.4. The molecule has 0 aliphatic carbocycles. The van der Waals surface area contributed by atoms with Crippen molar-refractivity contribution in [3.8, 4) is 0 Å². The fraction of sp³-hybridized carbons (Fsp3) is 0.571. The Morgan fingerprint density at radius 1 is 1.11 bits per heavy atom. The first-order valence-electron chi connectivity index (χ1n) is 9.60. The monoisotopic (exact) mass is 392 g/mol. The number of benzene rings is 1. The van der Waals surface area contributed by atoms with Crippen molar-refractivity contribution in [2.24, 2.45) is 5.92 Å². The maximum Gasteiger partial charge on any atom is 0.408 e. The van der Waals surface area contributed by atoms with Gasteiger partial charge < -0.3 is 20.1 Å². The number of hydrogen-bond donors (Lipinski definition) is 2. The molecule has 1 unspecified atom stereocenters. The van der Waals surface area contributed by atoms with Crippen molar-refractivity contribution >= 4 is 18.0 Å². The van der Waals surface area contributed by atoms with Crippen LogP contribution >= 0.6 is 0 Å². The fourth-order valence-corrected chi connectivity index (χ4v) is 2.52. The van der Waals surface area contributed by atoms with Crippen molar-refractivity contribution < 1.29 is 23.9 Å². The van der Waals surface area contributed by atoms with Crippen LogP contribution in [0, 0.1) is 5.92 Å². The topological polar surface area (TPSA) is 93.7 Å². The van der Waals surface area contributed by atoms with Crippen LogP contribution < -0.4 is 10.6 Å². The molecule has 28 heavy (non-hydrogen) atoms. The molecule has 0 spiro atoms. The highest BCUT2D eigenvalue weighted by atomic mass is 16.6. The molecule has 7 nitrogen and oxygen atoms in total.